The van der Waals surface area contributed by atoms with Crippen molar-refractivity contribution in [3.8, 4) is 0 Å². The summed E-state index contributed by atoms with van der Waals surface area (Å²) in [6, 6.07) is 0. The lowest BCUT2D eigenvalue weighted by molar-refractivity contribution is -0.140. The van der Waals surface area contributed by atoms with Crippen molar-refractivity contribution in [2.45, 2.75) is 47.0 Å². The molecule has 0 radical (unpaired) electrons. The summed E-state index contributed by atoms with van der Waals surface area (Å²) in [6.45, 7) is 8.08. The molecule has 0 aromatic carbocycles. The van der Waals surface area contributed by atoms with Gasteiger partial charge >= 0.3 is 5.97 Å². The van der Waals surface area contributed by atoms with Gasteiger partial charge in [-0.15, -0.1) is 0 Å². The lowest BCUT2D eigenvalue weighted by Gasteiger charge is -1.89. The Kier molecular flexibility index (Phi) is 49.0. The maximum Gasteiger partial charge on any atom is 0.302 e. The normalized spacial score (nSPS) is 6.71. The first-order valence-electron chi connectivity index (χ1n) is 4.77. The van der Waals surface area contributed by atoms with Gasteiger partial charge in [0.2, 0.25) is 0 Å². The van der Waals surface area contributed by atoms with E-state index in [0.717, 1.165) is 7.11 Å². The van der Waals surface area contributed by atoms with E-state index in [1.807, 2.05) is 0 Å². The van der Waals surface area contributed by atoms with Crippen LogP contribution in [0.15, 0.2) is 0 Å². The maximum absolute atomic E-state index is 9.82. The molecule has 0 saturated heterocycles. The monoisotopic (exact) mass is 210 g/mol. The highest BCUT2D eigenvalue weighted by Gasteiger charge is 1.81. The van der Waals surface area contributed by atoms with E-state index in [2.05, 4.69) is 18.6 Å². The van der Waals surface area contributed by atoms with Crippen LogP contribution in [0.3, 0.4) is 0 Å². The van der Waals surface area contributed by atoms with Crippen LogP contribution in [-0.2, 0) is 9.53 Å². The molecular formula is C10H26O4. The molecule has 0 aliphatic carbocycles. The number of esters is 1. The first kappa shape index (κ1) is 23.3. The van der Waals surface area contributed by atoms with E-state index in [-0.39, 0.29) is 11.4 Å². The maximum atomic E-state index is 9.82. The Morgan fingerprint density at radius 1 is 1.14 bits per heavy atom. The van der Waals surface area contributed by atoms with Crippen molar-refractivity contribution < 1.29 is 20.1 Å². The lowest BCUT2D eigenvalue weighted by Crippen LogP contribution is -1.95. The summed E-state index contributed by atoms with van der Waals surface area (Å²) < 4.78 is 4.40. The van der Waals surface area contributed by atoms with Crippen LogP contribution in [0.4, 0.5) is 0 Å². The summed E-state index contributed by atoms with van der Waals surface area (Å²) in [5.41, 5.74) is 0. The average Bonchev–Trinajstić information content (AvgIpc) is 2.10. The van der Waals surface area contributed by atoms with E-state index in [1.54, 1.807) is 6.92 Å². The van der Waals surface area contributed by atoms with Gasteiger partial charge in [-0.1, -0.05) is 33.1 Å². The number of rotatable bonds is 3. The average molecular weight is 210 g/mol. The van der Waals surface area contributed by atoms with E-state index in [0.29, 0.717) is 6.61 Å². The number of carbonyl (C=O) groups excluding carboxylic acids is 1. The van der Waals surface area contributed by atoms with Crippen molar-refractivity contribution in [1.82, 2.24) is 0 Å². The number of hydrogen-bond acceptors (Lipinski definition) is 3. The fraction of sp³-hybridized carbons (Fsp3) is 0.900. The predicted molar refractivity (Wildman–Crippen MR) is 59.3 cm³/mol. The molecule has 0 atom stereocenters. The first-order chi connectivity index (χ1) is 6.18. The molecule has 0 bridgehead atoms. The van der Waals surface area contributed by atoms with Gasteiger partial charge in [0, 0.05) is 14.0 Å². The van der Waals surface area contributed by atoms with Gasteiger partial charge in [0.15, 0.2) is 0 Å². The summed E-state index contributed by atoms with van der Waals surface area (Å²) >= 11 is 0. The van der Waals surface area contributed by atoms with Crippen molar-refractivity contribution in [3.05, 3.63) is 0 Å². The van der Waals surface area contributed by atoms with Gasteiger partial charge in [-0.2, -0.15) is 0 Å². The molecule has 0 spiro atoms. The summed E-state index contributed by atoms with van der Waals surface area (Å²) in [5, 5.41) is 7.00. The fourth-order valence-electron chi connectivity index (χ4n) is 0.557. The molecule has 0 rings (SSSR count). The van der Waals surface area contributed by atoms with Gasteiger partial charge in [-0.25, -0.2) is 0 Å². The minimum absolute atomic E-state index is 0. The molecule has 0 amide bonds. The molecule has 0 aliphatic rings. The Hall–Kier alpha value is -0.610. The molecule has 0 aromatic heterocycles. The van der Waals surface area contributed by atoms with E-state index in [9.17, 15) is 4.79 Å². The number of aliphatic hydroxyl groups excluding tert-OH is 1. The third-order valence-corrected chi connectivity index (χ3v) is 1.05. The zero-order valence-electron chi connectivity index (χ0n) is 10.1. The van der Waals surface area contributed by atoms with Crippen LogP contribution in [0.1, 0.15) is 47.0 Å². The Morgan fingerprint density at radius 3 is 1.50 bits per heavy atom. The number of aliphatic hydroxyl groups is 1. The highest BCUT2D eigenvalue weighted by atomic mass is 16.5. The van der Waals surface area contributed by atoms with Crippen LogP contribution in [0.5, 0.6) is 0 Å². The summed E-state index contributed by atoms with van der Waals surface area (Å²) in [5.74, 6) is -0.211. The van der Waals surface area contributed by atoms with E-state index in [4.69, 9.17) is 5.11 Å². The van der Waals surface area contributed by atoms with E-state index < -0.39 is 0 Å². The van der Waals surface area contributed by atoms with Gasteiger partial charge < -0.3 is 15.3 Å². The largest absolute Gasteiger partial charge is 0.466 e. The van der Waals surface area contributed by atoms with Crippen molar-refractivity contribution in [2.24, 2.45) is 0 Å². The molecule has 0 aromatic rings. The van der Waals surface area contributed by atoms with Gasteiger partial charge in [0.25, 0.3) is 0 Å². The molecule has 3 N–H and O–H groups in total. The Labute approximate surface area is 87.6 Å². The van der Waals surface area contributed by atoms with Crippen LogP contribution in [0.25, 0.3) is 0 Å². The highest BCUT2D eigenvalue weighted by molar-refractivity contribution is 5.65. The summed E-state index contributed by atoms with van der Waals surface area (Å²) in [6.07, 6.45) is 4.08. The van der Waals surface area contributed by atoms with Crippen LogP contribution < -0.4 is 0 Å². The highest BCUT2D eigenvalue weighted by Crippen LogP contribution is 1.88. The van der Waals surface area contributed by atoms with Crippen molar-refractivity contribution in [3.63, 3.8) is 0 Å². The van der Waals surface area contributed by atoms with Gasteiger partial charge in [0.1, 0.15) is 0 Å². The van der Waals surface area contributed by atoms with E-state index in [1.165, 1.54) is 26.2 Å². The second kappa shape index (κ2) is 29.4. The van der Waals surface area contributed by atoms with Gasteiger partial charge in [-0.3, -0.25) is 4.79 Å². The van der Waals surface area contributed by atoms with Crippen molar-refractivity contribution >= 4 is 5.97 Å². The smallest absolute Gasteiger partial charge is 0.302 e. The fourth-order valence-corrected chi connectivity index (χ4v) is 0.557. The summed E-state index contributed by atoms with van der Waals surface area (Å²) in [7, 11) is 1.00. The summed E-state index contributed by atoms with van der Waals surface area (Å²) in [4.78, 5) is 9.82. The SMILES string of the molecule is CCCCC.CCOC(C)=O.CO.O. The molecule has 4 heteroatoms. The van der Waals surface area contributed by atoms with E-state index >= 15 is 0 Å². The number of hydrogen-bond donors (Lipinski definition) is 1. The number of unbranched alkanes of at least 4 members (excludes halogenated alkanes) is 2. The molecule has 0 aliphatic heterocycles. The molecule has 0 fully saturated rings. The molecule has 0 unspecified atom stereocenters. The zero-order chi connectivity index (χ0) is 11.1. The Balaban J connectivity index is -0.0000000576. The minimum atomic E-state index is -0.211. The van der Waals surface area contributed by atoms with Crippen molar-refractivity contribution in [1.29, 1.82) is 0 Å². The first-order valence-corrected chi connectivity index (χ1v) is 4.77. The second-order valence-electron chi connectivity index (χ2n) is 2.28. The van der Waals surface area contributed by atoms with Crippen molar-refractivity contribution in [2.75, 3.05) is 13.7 Å². The molecule has 90 valence electrons. The van der Waals surface area contributed by atoms with Crippen LogP contribution in [0.2, 0.25) is 0 Å². The number of carbonyl (C=O) groups is 1. The molecule has 0 heterocycles. The third-order valence-electron chi connectivity index (χ3n) is 1.05. The molecular weight excluding hydrogens is 184 g/mol. The van der Waals surface area contributed by atoms with Crippen LogP contribution in [0, 0.1) is 0 Å². The van der Waals surface area contributed by atoms with Gasteiger partial charge in [0.05, 0.1) is 6.61 Å². The van der Waals surface area contributed by atoms with Gasteiger partial charge in [-0.05, 0) is 6.92 Å². The molecule has 14 heavy (non-hydrogen) atoms. The third kappa shape index (κ3) is 63.8. The number of ether oxygens (including phenoxy) is 1. The molecule has 4 nitrogen and oxygen atoms in total. The molecule has 0 saturated carbocycles. The topological polar surface area (TPSA) is 78.0 Å². The minimum Gasteiger partial charge on any atom is -0.466 e. The Morgan fingerprint density at radius 2 is 1.50 bits per heavy atom. The standard InChI is InChI=1S/C5H12.C4H8O2.CH4O.H2O/c1-3-5-4-2;1-3-6-4(2)5;1-2;/h3-5H2,1-2H3;3H2,1-2H3;2H,1H3;1H2. The zero-order valence-corrected chi connectivity index (χ0v) is 10.1. The van der Waals surface area contributed by atoms with Crippen LogP contribution >= 0.6 is 0 Å². The van der Waals surface area contributed by atoms with Crippen LogP contribution in [-0.4, -0.2) is 30.3 Å². The Bertz CT molecular complexity index is 82.2. The second-order valence-corrected chi connectivity index (χ2v) is 2.28. The predicted octanol–water partition coefficient (Wildman–Crippen LogP) is 1.55. The quantitative estimate of drug-likeness (QED) is 0.718. The lowest BCUT2D eigenvalue weighted by atomic mass is 10.3.